The number of nitrogens with two attached hydrogens (primary N) is 1. The van der Waals surface area contributed by atoms with E-state index in [0.29, 0.717) is 11.3 Å². The Labute approximate surface area is 118 Å². The summed E-state index contributed by atoms with van der Waals surface area (Å²) in [5, 5.41) is 0. The smallest absolute Gasteiger partial charge is 0.481 e. The minimum Gasteiger partial charge on any atom is -0.481 e. The van der Waals surface area contributed by atoms with Crippen LogP contribution in [0.3, 0.4) is 0 Å². The fraction of sp³-hybridized carbons (Fsp3) is 0.538. The lowest BCUT2D eigenvalue weighted by atomic mass is 9.77. The third-order valence-electron chi connectivity index (χ3n) is 3.85. The van der Waals surface area contributed by atoms with Gasteiger partial charge >= 0.3 is 7.12 Å². The quantitative estimate of drug-likeness (QED) is 0.813. The van der Waals surface area contributed by atoms with Crippen LogP contribution in [0.1, 0.15) is 38.2 Å². The summed E-state index contributed by atoms with van der Waals surface area (Å²) in [5.41, 5.74) is 5.00. The average molecular weight is 278 g/mol. The summed E-state index contributed by atoms with van der Waals surface area (Å²) in [5.74, 6) is -0.326. The monoisotopic (exact) mass is 278 g/mol. The highest BCUT2D eigenvalue weighted by Gasteiger charge is 2.52. The van der Waals surface area contributed by atoms with Crippen molar-refractivity contribution in [2.45, 2.75) is 38.9 Å². The predicted octanol–water partition coefficient (Wildman–Crippen LogP) is 0.488. The summed E-state index contributed by atoms with van der Waals surface area (Å²) in [6.07, 6.45) is 0. The van der Waals surface area contributed by atoms with Crippen molar-refractivity contribution in [3.63, 3.8) is 0 Å². The Balaban J connectivity index is 2.42. The SMILES string of the molecule is COc1ccc(B2OC(C)(C)C(C)(C)O2)c(C(N)=O)n1. The van der Waals surface area contributed by atoms with Crippen LogP contribution in [0.4, 0.5) is 0 Å². The molecule has 1 amide bonds. The minimum atomic E-state index is -0.680. The molecule has 1 aliphatic rings. The highest BCUT2D eigenvalue weighted by Crippen LogP contribution is 2.36. The maximum Gasteiger partial charge on any atom is 0.497 e. The Bertz CT molecular complexity index is 529. The molecule has 1 aromatic rings. The van der Waals surface area contributed by atoms with Crippen molar-refractivity contribution >= 4 is 18.5 Å². The van der Waals surface area contributed by atoms with E-state index in [4.69, 9.17) is 19.8 Å². The average Bonchev–Trinajstić information content (AvgIpc) is 2.57. The lowest BCUT2D eigenvalue weighted by molar-refractivity contribution is 0.00578. The molecule has 0 radical (unpaired) electrons. The van der Waals surface area contributed by atoms with E-state index >= 15 is 0 Å². The fourth-order valence-corrected chi connectivity index (χ4v) is 1.92. The van der Waals surface area contributed by atoms with Gasteiger partial charge in [0.05, 0.1) is 18.3 Å². The summed E-state index contributed by atoms with van der Waals surface area (Å²) in [4.78, 5) is 15.6. The number of ether oxygens (including phenoxy) is 1. The molecule has 0 saturated carbocycles. The molecule has 0 spiro atoms. The van der Waals surface area contributed by atoms with Gasteiger partial charge < -0.3 is 19.8 Å². The van der Waals surface area contributed by atoms with Crippen molar-refractivity contribution in [2.75, 3.05) is 7.11 Å². The maximum atomic E-state index is 11.6. The molecule has 0 unspecified atom stereocenters. The van der Waals surface area contributed by atoms with Crippen molar-refractivity contribution in [2.24, 2.45) is 5.73 Å². The molecule has 1 saturated heterocycles. The lowest BCUT2D eigenvalue weighted by Crippen LogP contribution is -2.41. The largest absolute Gasteiger partial charge is 0.497 e. The highest BCUT2D eigenvalue weighted by molar-refractivity contribution is 6.63. The van der Waals surface area contributed by atoms with Crippen molar-refractivity contribution in [1.29, 1.82) is 0 Å². The summed E-state index contributed by atoms with van der Waals surface area (Å²) in [7, 11) is 0.794. The van der Waals surface area contributed by atoms with Gasteiger partial charge in [0.25, 0.3) is 5.91 Å². The van der Waals surface area contributed by atoms with Crippen LogP contribution in [0.15, 0.2) is 12.1 Å². The first-order valence-electron chi connectivity index (χ1n) is 6.38. The van der Waals surface area contributed by atoms with E-state index < -0.39 is 24.2 Å². The third-order valence-corrected chi connectivity index (χ3v) is 3.85. The Morgan fingerprint density at radius 3 is 2.25 bits per heavy atom. The number of rotatable bonds is 3. The van der Waals surface area contributed by atoms with Crippen LogP contribution in [0.25, 0.3) is 0 Å². The van der Waals surface area contributed by atoms with Crippen LogP contribution in [-0.4, -0.2) is 36.3 Å². The summed E-state index contributed by atoms with van der Waals surface area (Å²) < 4.78 is 16.8. The van der Waals surface area contributed by atoms with Gasteiger partial charge in [0.15, 0.2) is 0 Å². The molecule has 0 bridgehead atoms. The molecule has 0 aromatic carbocycles. The standard InChI is InChI=1S/C13H19BN2O4/c1-12(2)13(3,4)20-14(19-12)8-6-7-9(18-5)16-10(8)11(15)17/h6-7H,1-5H3,(H2,15,17). The molecule has 1 aliphatic heterocycles. The first-order valence-corrected chi connectivity index (χ1v) is 6.38. The zero-order chi connectivity index (χ0) is 15.1. The maximum absolute atomic E-state index is 11.6. The number of hydrogen-bond acceptors (Lipinski definition) is 5. The van der Waals surface area contributed by atoms with Gasteiger partial charge in [0, 0.05) is 5.46 Å². The van der Waals surface area contributed by atoms with Gasteiger partial charge in [-0.15, -0.1) is 0 Å². The molecule has 1 fully saturated rings. The zero-order valence-electron chi connectivity index (χ0n) is 12.4. The Morgan fingerprint density at radius 2 is 1.80 bits per heavy atom. The van der Waals surface area contributed by atoms with Crippen LogP contribution in [0.2, 0.25) is 0 Å². The molecule has 2 N–H and O–H groups in total. The molecule has 0 aliphatic carbocycles. The van der Waals surface area contributed by atoms with Gasteiger partial charge in [-0.1, -0.05) is 6.07 Å². The number of methoxy groups -OCH3 is 1. The van der Waals surface area contributed by atoms with Gasteiger partial charge in [-0.2, -0.15) is 0 Å². The molecule has 2 rings (SSSR count). The van der Waals surface area contributed by atoms with Crippen molar-refractivity contribution in [3.05, 3.63) is 17.8 Å². The summed E-state index contributed by atoms with van der Waals surface area (Å²) >= 11 is 0. The molecule has 2 heterocycles. The molecule has 0 atom stereocenters. The highest BCUT2D eigenvalue weighted by atomic mass is 16.7. The van der Waals surface area contributed by atoms with Gasteiger partial charge in [0.2, 0.25) is 5.88 Å². The van der Waals surface area contributed by atoms with E-state index in [9.17, 15) is 4.79 Å². The molecule has 1 aromatic heterocycles. The number of aromatic nitrogens is 1. The first-order chi connectivity index (χ1) is 9.18. The topological polar surface area (TPSA) is 83.7 Å². The van der Waals surface area contributed by atoms with E-state index in [1.54, 1.807) is 12.1 Å². The van der Waals surface area contributed by atoms with Crippen LogP contribution in [-0.2, 0) is 9.31 Å². The first kappa shape index (κ1) is 14.8. The molecule has 20 heavy (non-hydrogen) atoms. The van der Waals surface area contributed by atoms with E-state index in [0.717, 1.165) is 0 Å². The van der Waals surface area contributed by atoms with Crippen LogP contribution < -0.4 is 15.9 Å². The van der Waals surface area contributed by atoms with Crippen LogP contribution in [0, 0.1) is 0 Å². The Kier molecular flexibility index (Phi) is 3.52. The number of carbonyl (C=O) groups excluding carboxylic acids is 1. The number of carbonyl (C=O) groups is 1. The number of pyridine rings is 1. The Hall–Kier alpha value is -1.60. The van der Waals surface area contributed by atoms with Crippen LogP contribution >= 0.6 is 0 Å². The molecular formula is C13H19BN2O4. The van der Waals surface area contributed by atoms with Gasteiger partial charge in [-0.05, 0) is 33.8 Å². The number of primary amides is 1. The van der Waals surface area contributed by atoms with Crippen molar-refractivity contribution in [1.82, 2.24) is 4.98 Å². The number of amides is 1. The third kappa shape index (κ3) is 2.38. The minimum absolute atomic E-state index is 0.0999. The predicted molar refractivity (Wildman–Crippen MR) is 75.0 cm³/mol. The second kappa shape index (κ2) is 4.75. The van der Waals surface area contributed by atoms with Crippen molar-refractivity contribution < 1.29 is 18.8 Å². The van der Waals surface area contributed by atoms with E-state index in [2.05, 4.69) is 4.98 Å². The second-order valence-electron chi connectivity index (χ2n) is 5.74. The lowest BCUT2D eigenvalue weighted by Gasteiger charge is -2.32. The molecule has 6 nitrogen and oxygen atoms in total. The molecule has 108 valence electrons. The zero-order valence-corrected chi connectivity index (χ0v) is 12.4. The second-order valence-corrected chi connectivity index (χ2v) is 5.74. The molecular weight excluding hydrogens is 259 g/mol. The van der Waals surface area contributed by atoms with Crippen LogP contribution in [0.5, 0.6) is 5.88 Å². The molecule has 7 heteroatoms. The van der Waals surface area contributed by atoms with E-state index in [1.165, 1.54) is 7.11 Å². The number of hydrogen-bond donors (Lipinski definition) is 1. The van der Waals surface area contributed by atoms with Gasteiger partial charge in [0.1, 0.15) is 5.69 Å². The van der Waals surface area contributed by atoms with E-state index in [-0.39, 0.29) is 5.69 Å². The van der Waals surface area contributed by atoms with Gasteiger partial charge in [-0.3, -0.25) is 4.79 Å². The number of nitrogens with zero attached hydrogens (tertiary/aromatic N) is 1. The van der Waals surface area contributed by atoms with Crippen molar-refractivity contribution in [3.8, 4) is 5.88 Å². The Morgan fingerprint density at radius 1 is 1.25 bits per heavy atom. The van der Waals surface area contributed by atoms with Gasteiger partial charge in [-0.25, -0.2) is 4.98 Å². The normalized spacial score (nSPS) is 19.9. The summed E-state index contributed by atoms with van der Waals surface area (Å²) in [6, 6.07) is 3.33. The fourth-order valence-electron chi connectivity index (χ4n) is 1.92. The summed E-state index contributed by atoms with van der Waals surface area (Å²) in [6.45, 7) is 7.75. The van der Waals surface area contributed by atoms with E-state index in [1.807, 2.05) is 27.7 Å².